The first-order chi connectivity index (χ1) is 8.29. The Labute approximate surface area is 98.2 Å². The number of benzene rings is 1. The van der Waals surface area contributed by atoms with Gasteiger partial charge < -0.3 is 10.7 Å². The molecule has 0 spiro atoms. The standard InChI is InChI=1S/C11H13N5O/c12-16-10-3-1-9(2-4-10)11(17)13-5-8-6-14-15-7-8/h1-4,6-7,16H,5,12H2,(H,13,17)(H,14,15). The zero-order valence-corrected chi connectivity index (χ0v) is 9.10. The maximum Gasteiger partial charge on any atom is 0.251 e. The molecule has 2 aromatic rings. The van der Waals surface area contributed by atoms with E-state index in [1.165, 1.54) is 0 Å². The molecule has 88 valence electrons. The van der Waals surface area contributed by atoms with E-state index in [4.69, 9.17) is 5.84 Å². The second-order valence-electron chi connectivity index (χ2n) is 3.51. The largest absolute Gasteiger partial charge is 0.348 e. The number of H-pyrrole nitrogens is 1. The molecule has 6 heteroatoms. The number of nitrogens with two attached hydrogens (primary N) is 1. The molecule has 0 atom stereocenters. The fourth-order valence-corrected chi connectivity index (χ4v) is 1.38. The fourth-order valence-electron chi connectivity index (χ4n) is 1.38. The summed E-state index contributed by atoms with van der Waals surface area (Å²) in [5, 5.41) is 9.27. The summed E-state index contributed by atoms with van der Waals surface area (Å²) in [5.74, 6) is 5.11. The number of rotatable bonds is 4. The molecule has 0 saturated carbocycles. The topological polar surface area (TPSA) is 95.8 Å². The summed E-state index contributed by atoms with van der Waals surface area (Å²) in [4.78, 5) is 11.7. The quantitative estimate of drug-likeness (QED) is 0.458. The molecule has 1 heterocycles. The van der Waals surface area contributed by atoms with Gasteiger partial charge in [0.2, 0.25) is 0 Å². The second kappa shape index (κ2) is 5.13. The van der Waals surface area contributed by atoms with Crippen molar-refractivity contribution >= 4 is 11.6 Å². The highest BCUT2D eigenvalue weighted by Gasteiger charge is 2.04. The number of hydrogen-bond donors (Lipinski definition) is 4. The zero-order valence-electron chi connectivity index (χ0n) is 9.10. The van der Waals surface area contributed by atoms with E-state index < -0.39 is 0 Å². The monoisotopic (exact) mass is 231 g/mol. The molecular weight excluding hydrogens is 218 g/mol. The Kier molecular flexibility index (Phi) is 3.37. The van der Waals surface area contributed by atoms with Crippen LogP contribution in [0.25, 0.3) is 0 Å². The van der Waals surface area contributed by atoms with Gasteiger partial charge in [-0.3, -0.25) is 15.7 Å². The number of hydrazine groups is 1. The molecule has 2 rings (SSSR count). The van der Waals surface area contributed by atoms with Gasteiger partial charge in [0.25, 0.3) is 5.91 Å². The summed E-state index contributed by atoms with van der Waals surface area (Å²) in [6.07, 6.45) is 3.41. The number of hydrogen-bond acceptors (Lipinski definition) is 4. The fraction of sp³-hybridized carbons (Fsp3) is 0.0909. The molecule has 0 fully saturated rings. The van der Waals surface area contributed by atoms with Gasteiger partial charge in [0.15, 0.2) is 0 Å². The van der Waals surface area contributed by atoms with E-state index in [1.54, 1.807) is 36.7 Å². The maximum atomic E-state index is 11.7. The lowest BCUT2D eigenvalue weighted by molar-refractivity contribution is 0.0951. The summed E-state index contributed by atoms with van der Waals surface area (Å²) in [5.41, 5.74) is 4.78. The number of amides is 1. The lowest BCUT2D eigenvalue weighted by Gasteiger charge is -2.04. The number of aromatic amines is 1. The van der Waals surface area contributed by atoms with Crippen molar-refractivity contribution in [1.29, 1.82) is 0 Å². The molecule has 1 aromatic heterocycles. The number of aromatic nitrogens is 2. The van der Waals surface area contributed by atoms with Gasteiger partial charge in [-0.05, 0) is 24.3 Å². The van der Waals surface area contributed by atoms with Crippen molar-refractivity contribution in [2.75, 3.05) is 5.43 Å². The molecule has 0 aliphatic heterocycles. The van der Waals surface area contributed by atoms with Crippen LogP contribution in [0.15, 0.2) is 36.7 Å². The van der Waals surface area contributed by atoms with E-state index in [-0.39, 0.29) is 5.91 Å². The van der Waals surface area contributed by atoms with E-state index in [0.717, 1.165) is 11.3 Å². The zero-order chi connectivity index (χ0) is 12.1. The van der Waals surface area contributed by atoms with Crippen molar-refractivity contribution in [3.63, 3.8) is 0 Å². The highest BCUT2D eigenvalue weighted by Crippen LogP contribution is 2.07. The molecule has 5 N–H and O–H groups in total. The van der Waals surface area contributed by atoms with Crippen molar-refractivity contribution < 1.29 is 4.79 Å². The van der Waals surface area contributed by atoms with Crippen molar-refractivity contribution in [2.24, 2.45) is 5.84 Å². The van der Waals surface area contributed by atoms with Gasteiger partial charge in [0.1, 0.15) is 0 Å². The van der Waals surface area contributed by atoms with Crippen LogP contribution in [0.1, 0.15) is 15.9 Å². The van der Waals surface area contributed by atoms with Crippen molar-refractivity contribution in [3.05, 3.63) is 47.8 Å². The van der Waals surface area contributed by atoms with Gasteiger partial charge in [-0.1, -0.05) is 0 Å². The van der Waals surface area contributed by atoms with Gasteiger partial charge in [-0.2, -0.15) is 5.10 Å². The first-order valence-corrected chi connectivity index (χ1v) is 5.12. The van der Waals surface area contributed by atoms with E-state index in [2.05, 4.69) is 20.9 Å². The van der Waals surface area contributed by atoms with Crippen LogP contribution in [0, 0.1) is 0 Å². The van der Waals surface area contributed by atoms with Gasteiger partial charge >= 0.3 is 0 Å². The van der Waals surface area contributed by atoms with Crippen molar-refractivity contribution in [2.45, 2.75) is 6.54 Å². The first kappa shape index (κ1) is 11.2. The van der Waals surface area contributed by atoms with Gasteiger partial charge in [-0.15, -0.1) is 0 Å². The first-order valence-electron chi connectivity index (χ1n) is 5.12. The lowest BCUT2D eigenvalue weighted by Crippen LogP contribution is -2.22. The van der Waals surface area contributed by atoms with Gasteiger partial charge in [0, 0.05) is 29.6 Å². The van der Waals surface area contributed by atoms with Crippen LogP contribution in [0.5, 0.6) is 0 Å². The molecule has 6 nitrogen and oxygen atoms in total. The van der Waals surface area contributed by atoms with E-state index >= 15 is 0 Å². The van der Waals surface area contributed by atoms with E-state index in [1.807, 2.05) is 0 Å². The third-order valence-electron chi connectivity index (χ3n) is 2.32. The summed E-state index contributed by atoms with van der Waals surface area (Å²) in [7, 11) is 0. The summed E-state index contributed by atoms with van der Waals surface area (Å²) >= 11 is 0. The Bertz CT molecular complexity index is 477. The number of nitrogen functional groups attached to an aromatic ring is 1. The van der Waals surface area contributed by atoms with Gasteiger partial charge in [-0.25, -0.2) is 0 Å². The number of nitrogens with one attached hydrogen (secondary N) is 3. The number of anilines is 1. The molecular formula is C11H13N5O. The van der Waals surface area contributed by atoms with E-state index in [0.29, 0.717) is 12.1 Å². The average Bonchev–Trinajstić information content (AvgIpc) is 2.89. The van der Waals surface area contributed by atoms with Crippen LogP contribution in [-0.2, 0) is 6.54 Å². The van der Waals surface area contributed by atoms with Gasteiger partial charge in [0.05, 0.1) is 6.20 Å². The summed E-state index contributed by atoms with van der Waals surface area (Å²) < 4.78 is 0. The molecule has 0 aliphatic rings. The predicted octanol–water partition coefficient (Wildman–Crippen LogP) is 0.625. The minimum absolute atomic E-state index is 0.130. The predicted molar refractivity (Wildman–Crippen MR) is 64.0 cm³/mol. The average molecular weight is 231 g/mol. The van der Waals surface area contributed by atoms with Crippen molar-refractivity contribution in [1.82, 2.24) is 15.5 Å². The Morgan fingerprint density at radius 3 is 2.71 bits per heavy atom. The summed E-state index contributed by atoms with van der Waals surface area (Å²) in [6.45, 7) is 0.451. The van der Waals surface area contributed by atoms with Crippen LogP contribution in [0.4, 0.5) is 5.69 Å². The number of carbonyl (C=O) groups excluding carboxylic acids is 1. The molecule has 1 aromatic carbocycles. The molecule has 17 heavy (non-hydrogen) atoms. The smallest absolute Gasteiger partial charge is 0.251 e. The van der Waals surface area contributed by atoms with Crippen LogP contribution < -0.4 is 16.6 Å². The molecule has 0 radical (unpaired) electrons. The molecule has 0 unspecified atom stereocenters. The van der Waals surface area contributed by atoms with Crippen LogP contribution in [-0.4, -0.2) is 16.1 Å². The third kappa shape index (κ3) is 2.82. The molecule has 1 amide bonds. The van der Waals surface area contributed by atoms with Crippen molar-refractivity contribution in [3.8, 4) is 0 Å². The SMILES string of the molecule is NNc1ccc(C(=O)NCc2cn[nH]c2)cc1. The summed E-state index contributed by atoms with van der Waals surface area (Å²) in [6, 6.07) is 6.90. The normalized spacial score (nSPS) is 9.94. The third-order valence-corrected chi connectivity index (χ3v) is 2.32. The second-order valence-corrected chi connectivity index (χ2v) is 3.51. The Hall–Kier alpha value is -2.34. The highest BCUT2D eigenvalue weighted by atomic mass is 16.1. The van der Waals surface area contributed by atoms with Crippen LogP contribution >= 0.6 is 0 Å². The van der Waals surface area contributed by atoms with Crippen LogP contribution in [0.3, 0.4) is 0 Å². The minimum atomic E-state index is -0.130. The number of carbonyl (C=O) groups is 1. The van der Waals surface area contributed by atoms with Crippen LogP contribution in [0.2, 0.25) is 0 Å². The number of nitrogens with zero attached hydrogens (tertiary/aromatic N) is 1. The Morgan fingerprint density at radius 1 is 1.35 bits per heavy atom. The maximum absolute atomic E-state index is 11.7. The Balaban J connectivity index is 1.95. The Morgan fingerprint density at radius 2 is 2.12 bits per heavy atom. The molecule has 0 saturated heterocycles. The molecule has 0 bridgehead atoms. The highest BCUT2D eigenvalue weighted by molar-refractivity contribution is 5.94. The lowest BCUT2D eigenvalue weighted by atomic mass is 10.2. The van der Waals surface area contributed by atoms with E-state index in [9.17, 15) is 4.79 Å². The minimum Gasteiger partial charge on any atom is -0.348 e. The molecule has 0 aliphatic carbocycles.